The zero-order valence-corrected chi connectivity index (χ0v) is 17.4. The number of hydrogen-bond acceptors (Lipinski definition) is 6. The minimum absolute atomic E-state index is 0.262. The van der Waals surface area contributed by atoms with Gasteiger partial charge in [-0.15, -0.1) is 5.10 Å². The molecular formula is C21H25N7O2. The average molecular weight is 407 g/mol. The van der Waals surface area contributed by atoms with E-state index < -0.39 is 0 Å². The SMILES string of the molecule is COc1nn(C2CN(C)C2)cc1C(=O)Nc1cccc(-c2cnc3n2[C@@H](C)CC3)n1. The van der Waals surface area contributed by atoms with E-state index >= 15 is 0 Å². The predicted octanol–water partition coefficient (Wildman–Crippen LogP) is 2.40. The van der Waals surface area contributed by atoms with Crippen molar-refractivity contribution in [1.82, 2.24) is 29.2 Å². The lowest BCUT2D eigenvalue weighted by molar-refractivity contribution is 0.102. The molecule has 0 bridgehead atoms. The zero-order chi connectivity index (χ0) is 20.8. The highest BCUT2D eigenvalue weighted by Gasteiger charge is 2.29. The van der Waals surface area contributed by atoms with Crippen LogP contribution >= 0.6 is 0 Å². The van der Waals surface area contributed by atoms with Gasteiger partial charge in [-0.3, -0.25) is 9.48 Å². The van der Waals surface area contributed by atoms with Crippen LogP contribution in [-0.4, -0.2) is 62.4 Å². The van der Waals surface area contributed by atoms with E-state index in [0.29, 0.717) is 23.3 Å². The number of carbonyl (C=O) groups is 1. The summed E-state index contributed by atoms with van der Waals surface area (Å²) in [6.07, 6.45) is 5.69. The first-order chi connectivity index (χ1) is 14.5. The molecule has 1 saturated heterocycles. The molecule has 0 unspecified atom stereocenters. The van der Waals surface area contributed by atoms with Crippen molar-refractivity contribution in [2.45, 2.75) is 31.8 Å². The van der Waals surface area contributed by atoms with Gasteiger partial charge in [-0.2, -0.15) is 0 Å². The van der Waals surface area contributed by atoms with E-state index in [-0.39, 0.29) is 11.9 Å². The maximum atomic E-state index is 12.9. The van der Waals surface area contributed by atoms with Crippen LogP contribution in [0, 0.1) is 0 Å². The molecule has 1 N–H and O–H groups in total. The fraction of sp³-hybridized carbons (Fsp3) is 0.429. The molecule has 0 spiro atoms. The Kier molecular flexibility index (Phi) is 4.54. The van der Waals surface area contributed by atoms with Crippen molar-refractivity contribution >= 4 is 11.7 Å². The van der Waals surface area contributed by atoms with Gasteiger partial charge in [0.1, 0.15) is 17.2 Å². The predicted molar refractivity (Wildman–Crippen MR) is 112 cm³/mol. The summed E-state index contributed by atoms with van der Waals surface area (Å²) in [6, 6.07) is 6.28. The van der Waals surface area contributed by atoms with Crippen LogP contribution in [0.3, 0.4) is 0 Å². The summed E-state index contributed by atoms with van der Waals surface area (Å²) in [4.78, 5) is 24.3. The normalized spacial score (nSPS) is 18.8. The van der Waals surface area contributed by atoms with Crippen molar-refractivity contribution in [2.24, 2.45) is 0 Å². The molecule has 3 aromatic heterocycles. The molecule has 30 heavy (non-hydrogen) atoms. The number of methoxy groups -OCH3 is 1. The number of nitrogens with one attached hydrogen (secondary N) is 1. The molecule has 0 radical (unpaired) electrons. The van der Waals surface area contributed by atoms with Gasteiger partial charge in [0.2, 0.25) is 5.88 Å². The second kappa shape index (κ2) is 7.24. The number of anilines is 1. The summed E-state index contributed by atoms with van der Waals surface area (Å²) in [5.41, 5.74) is 2.17. The minimum atomic E-state index is -0.290. The number of pyridine rings is 1. The van der Waals surface area contributed by atoms with Crippen LogP contribution in [0.5, 0.6) is 5.88 Å². The second-order valence-electron chi connectivity index (χ2n) is 8.09. The van der Waals surface area contributed by atoms with Crippen molar-refractivity contribution in [3.63, 3.8) is 0 Å². The zero-order valence-electron chi connectivity index (χ0n) is 17.4. The number of rotatable bonds is 5. The van der Waals surface area contributed by atoms with Crippen molar-refractivity contribution in [1.29, 1.82) is 0 Å². The molecule has 3 aromatic rings. The van der Waals surface area contributed by atoms with Gasteiger partial charge in [-0.1, -0.05) is 6.07 Å². The van der Waals surface area contributed by atoms with E-state index in [2.05, 4.69) is 43.8 Å². The molecule has 1 amide bonds. The quantitative estimate of drug-likeness (QED) is 0.699. The summed E-state index contributed by atoms with van der Waals surface area (Å²) >= 11 is 0. The van der Waals surface area contributed by atoms with Gasteiger partial charge in [0.25, 0.3) is 5.91 Å². The molecule has 5 rings (SSSR count). The molecule has 1 fully saturated rings. The first-order valence-electron chi connectivity index (χ1n) is 10.2. The topological polar surface area (TPSA) is 90.1 Å². The number of aryl methyl sites for hydroxylation is 1. The summed E-state index contributed by atoms with van der Waals surface area (Å²) in [7, 11) is 3.58. The number of imidazole rings is 1. The van der Waals surface area contributed by atoms with Gasteiger partial charge >= 0.3 is 0 Å². The Morgan fingerprint density at radius 2 is 2.13 bits per heavy atom. The number of hydrogen-bond donors (Lipinski definition) is 1. The average Bonchev–Trinajstić information content (AvgIpc) is 3.42. The van der Waals surface area contributed by atoms with Crippen molar-refractivity contribution in [2.75, 3.05) is 32.6 Å². The highest BCUT2D eigenvalue weighted by atomic mass is 16.5. The summed E-state index contributed by atoms with van der Waals surface area (Å²) in [5.74, 6) is 1.60. The number of likely N-dealkylation sites (tertiary alicyclic amines) is 1. The van der Waals surface area contributed by atoms with E-state index in [4.69, 9.17) is 4.74 Å². The molecule has 0 aliphatic carbocycles. The monoisotopic (exact) mass is 407 g/mol. The lowest BCUT2D eigenvalue weighted by atomic mass is 10.1. The molecule has 0 saturated carbocycles. The molecule has 0 aromatic carbocycles. The lowest BCUT2D eigenvalue weighted by Crippen LogP contribution is -2.45. The largest absolute Gasteiger partial charge is 0.479 e. The van der Waals surface area contributed by atoms with E-state index in [0.717, 1.165) is 43.1 Å². The molecule has 9 nitrogen and oxygen atoms in total. The molecule has 1 atom stereocenters. The Labute approximate surface area is 174 Å². The first-order valence-corrected chi connectivity index (χ1v) is 10.2. The number of nitrogens with zero attached hydrogens (tertiary/aromatic N) is 6. The van der Waals surface area contributed by atoms with E-state index in [1.54, 1.807) is 12.3 Å². The van der Waals surface area contributed by atoms with E-state index in [1.807, 2.05) is 23.0 Å². The fourth-order valence-electron chi connectivity index (χ4n) is 4.27. The third kappa shape index (κ3) is 3.15. The smallest absolute Gasteiger partial charge is 0.263 e. The fourth-order valence-corrected chi connectivity index (χ4v) is 4.27. The minimum Gasteiger partial charge on any atom is -0.479 e. The van der Waals surface area contributed by atoms with E-state index in [1.165, 1.54) is 7.11 Å². The maximum absolute atomic E-state index is 12.9. The first kappa shape index (κ1) is 18.8. The van der Waals surface area contributed by atoms with Crippen LogP contribution in [0.25, 0.3) is 11.4 Å². The van der Waals surface area contributed by atoms with Crippen LogP contribution in [-0.2, 0) is 6.42 Å². The summed E-state index contributed by atoms with van der Waals surface area (Å²) in [6.45, 7) is 4.00. The Balaban J connectivity index is 1.38. The third-order valence-electron chi connectivity index (χ3n) is 5.91. The van der Waals surface area contributed by atoms with Crippen molar-refractivity contribution in [3.05, 3.63) is 42.0 Å². The molecule has 156 valence electrons. The van der Waals surface area contributed by atoms with Crippen molar-refractivity contribution < 1.29 is 9.53 Å². The maximum Gasteiger partial charge on any atom is 0.263 e. The van der Waals surface area contributed by atoms with Crippen LogP contribution < -0.4 is 10.1 Å². The van der Waals surface area contributed by atoms with Gasteiger partial charge < -0.3 is 19.5 Å². The number of likely N-dealkylation sites (N-methyl/N-ethyl adjacent to an activating group) is 1. The Hall–Kier alpha value is -3.20. The summed E-state index contributed by atoms with van der Waals surface area (Å²) in [5, 5.41) is 7.32. The number of amides is 1. The van der Waals surface area contributed by atoms with Crippen LogP contribution in [0.1, 0.15) is 41.6 Å². The summed E-state index contributed by atoms with van der Waals surface area (Å²) < 4.78 is 9.38. The Bertz CT molecular complexity index is 1100. The van der Waals surface area contributed by atoms with Crippen LogP contribution in [0.2, 0.25) is 0 Å². The number of fused-ring (bicyclic) bond motifs is 1. The standard InChI is InChI=1S/C21H25N7O2/c1-13-7-8-19-22-9-17(28(13)19)16-5-4-6-18(23-16)24-20(29)15-12-27(25-21(15)30-3)14-10-26(2)11-14/h4-6,9,12-14H,7-8,10-11H2,1-3H3,(H,23,24,29)/t13-/m0/s1. The lowest BCUT2D eigenvalue weighted by Gasteiger charge is -2.35. The molecular weight excluding hydrogens is 382 g/mol. The number of aromatic nitrogens is 5. The van der Waals surface area contributed by atoms with E-state index in [9.17, 15) is 4.79 Å². The molecule has 2 aliphatic heterocycles. The van der Waals surface area contributed by atoms with Crippen molar-refractivity contribution in [3.8, 4) is 17.3 Å². The van der Waals surface area contributed by atoms with Gasteiger partial charge in [0.15, 0.2) is 0 Å². The number of ether oxygens (including phenoxy) is 1. The second-order valence-corrected chi connectivity index (χ2v) is 8.09. The third-order valence-corrected chi connectivity index (χ3v) is 5.91. The molecule has 9 heteroatoms. The van der Waals surface area contributed by atoms with Gasteiger partial charge in [-0.25, -0.2) is 9.97 Å². The highest BCUT2D eigenvalue weighted by molar-refractivity contribution is 6.05. The van der Waals surface area contributed by atoms with Crippen LogP contribution in [0.4, 0.5) is 5.82 Å². The van der Waals surface area contributed by atoms with Crippen LogP contribution in [0.15, 0.2) is 30.6 Å². The Morgan fingerprint density at radius 1 is 1.30 bits per heavy atom. The van der Waals surface area contributed by atoms with Gasteiger partial charge in [0.05, 0.1) is 30.7 Å². The molecule has 2 aliphatic rings. The molecule has 5 heterocycles. The van der Waals surface area contributed by atoms with Gasteiger partial charge in [0, 0.05) is 31.7 Å². The number of carbonyl (C=O) groups excluding carboxylic acids is 1. The highest BCUT2D eigenvalue weighted by Crippen LogP contribution is 2.32. The Morgan fingerprint density at radius 3 is 2.90 bits per heavy atom. The van der Waals surface area contributed by atoms with Gasteiger partial charge in [-0.05, 0) is 32.5 Å².